The number of nitrogens with zero attached hydrogens (tertiary/aromatic N) is 3. The van der Waals surface area contributed by atoms with E-state index in [-0.39, 0.29) is 0 Å². The van der Waals surface area contributed by atoms with Gasteiger partial charge in [-0.05, 0) is 47.7 Å². The van der Waals surface area contributed by atoms with Gasteiger partial charge in [0.1, 0.15) is 0 Å². The molecule has 1 N–H and O–H groups in total. The molecule has 0 saturated carbocycles. The molecule has 0 bridgehead atoms. The molecule has 0 fully saturated rings. The summed E-state index contributed by atoms with van der Waals surface area (Å²) in [5.74, 6) is 2.70. The lowest BCUT2D eigenvalue weighted by Crippen LogP contribution is -2.05. The molecule has 0 aliphatic rings. The van der Waals surface area contributed by atoms with Crippen molar-refractivity contribution in [2.24, 2.45) is 0 Å². The Bertz CT molecular complexity index is 924. The van der Waals surface area contributed by atoms with E-state index in [1.807, 2.05) is 42.5 Å². The van der Waals surface area contributed by atoms with E-state index in [1.54, 1.807) is 0 Å². The van der Waals surface area contributed by atoms with Crippen molar-refractivity contribution in [2.45, 2.75) is 40.0 Å². The van der Waals surface area contributed by atoms with Gasteiger partial charge >= 0.3 is 0 Å². The van der Waals surface area contributed by atoms with Crippen LogP contribution in [-0.4, -0.2) is 40.4 Å². The van der Waals surface area contributed by atoms with E-state index >= 15 is 0 Å². The van der Waals surface area contributed by atoms with Gasteiger partial charge in [-0.3, -0.25) is 0 Å². The second-order valence-electron chi connectivity index (χ2n) is 7.08. The molecule has 1 heterocycles. The quantitative estimate of drug-likeness (QED) is 0.393. The van der Waals surface area contributed by atoms with Crippen molar-refractivity contribution in [1.82, 2.24) is 20.6 Å². The Morgan fingerprint density at radius 2 is 1.35 bits per heavy atom. The first kappa shape index (κ1) is 22.3. The number of tetrazole rings is 1. The monoisotopic (exact) mass is 422 g/mol. The highest BCUT2D eigenvalue weighted by atomic mass is 16.5. The highest BCUT2D eigenvalue weighted by Gasteiger charge is 2.15. The minimum Gasteiger partial charge on any atom is -0.490 e. The molecule has 0 aliphatic heterocycles. The zero-order chi connectivity index (χ0) is 21.9. The summed E-state index contributed by atoms with van der Waals surface area (Å²) >= 11 is 0. The molecule has 0 unspecified atom stereocenters. The number of benzene rings is 2. The summed E-state index contributed by atoms with van der Waals surface area (Å²) in [7, 11) is 0. The van der Waals surface area contributed by atoms with Gasteiger partial charge in [-0.1, -0.05) is 57.2 Å². The van der Waals surface area contributed by atoms with E-state index in [1.165, 1.54) is 0 Å². The van der Waals surface area contributed by atoms with Crippen LogP contribution in [0.3, 0.4) is 0 Å². The van der Waals surface area contributed by atoms with Gasteiger partial charge in [0.25, 0.3) is 0 Å². The molecule has 0 saturated heterocycles. The normalized spacial score (nSPS) is 11.1. The third-order valence-corrected chi connectivity index (χ3v) is 4.40. The molecule has 0 atom stereocenters. The molecule has 7 heteroatoms. The maximum atomic E-state index is 5.99. The van der Waals surface area contributed by atoms with Gasteiger partial charge < -0.3 is 14.2 Å². The summed E-state index contributed by atoms with van der Waals surface area (Å²) in [4.78, 5) is 0. The molecule has 0 amide bonds. The number of H-pyrrole nitrogens is 1. The zero-order valence-corrected chi connectivity index (χ0v) is 18.4. The molecule has 1 aromatic heterocycles. The molecular formula is C24H30N4O3. The smallest absolute Gasteiger partial charge is 0.204 e. The van der Waals surface area contributed by atoms with Crippen LogP contribution in [0, 0.1) is 0 Å². The number of ether oxygens (including phenoxy) is 3. The van der Waals surface area contributed by atoms with Crippen LogP contribution in [0.1, 0.15) is 51.2 Å². The lowest BCUT2D eigenvalue weighted by molar-refractivity contribution is 0.243. The Hall–Kier alpha value is -3.35. The summed E-state index contributed by atoms with van der Waals surface area (Å²) in [6, 6.07) is 12.0. The van der Waals surface area contributed by atoms with Gasteiger partial charge in [-0.2, -0.15) is 5.21 Å². The minimum atomic E-state index is 0.577. The van der Waals surface area contributed by atoms with E-state index in [9.17, 15) is 0 Å². The van der Waals surface area contributed by atoms with Gasteiger partial charge in [-0.15, -0.1) is 10.2 Å². The number of aromatic nitrogens is 4. The third kappa shape index (κ3) is 6.31. The minimum absolute atomic E-state index is 0.577. The van der Waals surface area contributed by atoms with E-state index in [2.05, 4.69) is 47.5 Å². The number of aromatic amines is 1. The fraction of sp³-hybridized carbons (Fsp3) is 0.375. The zero-order valence-electron chi connectivity index (χ0n) is 18.4. The predicted octanol–water partition coefficient (Wildman–Crippen LogP) is 5.40. The lowest BCUT2D eigenvalue weighted by atomic mass is 10.1. The number of nitrogens with one attached hydrogen (secondary N) is 1. The second kappa shape index (κ2) is 11.7. The van der Waals surface area contributed by atoms with Crippen molar-refractivity contribution in [3.8, 4) is 28.6 Å². The Morgan fingerprint density at radius 1 is 0.774 bits per heavy atom. The van der Waals surface area contributed by atoms with Crippen LogP contribution in [0.15, 0.2) is 36.4 Å². The van der Waals surface area contributed by atoms with Crippen molar-refractivity contribution in [1.29, 1.82) is 0 Å². The van der Waals surface area contributed by atoms with Crippen LogP contribution in [0.5, 0.6) is 17.2 Å². The number of hydrogen-bond acceptors (Lipinski definition) is 6. The molecule has 7 nitrogen and oxygen atoms in total. The summed E-state index contributed by atoms with van der Waals surface area (Å²) in [5, 5.41) is 14.1. The molecule has 0 radical (unpaired) electrons. The maximum absolute atomic E-state index is 5.99. The van der Waals surface area contributed by atoms with Crippen LogP contribution in [-0.2, 0) is 0 Å². The average molecular weight is 423 g/mol. The summed E-state index contributed by atoms with van der Waals surface area (Å²) in [5.41, 5.74) is 2.96. The highest BCUT2D eigenvalue weighted by molar-refractivity contribution is 5.73. The third-order valence-electron chi connectivity index (χ3n) is 4.40. The lowest BCUT2D eigenvalue weighted by Gasteiger charge is -2.17. The van der Waals surface area contributed by atoms with Crippen molar-refractivity contribution in [3.63, 3.8) is 0 Å². The van der Waals surface area contributed by atoms with Crippen molar-refractivity contribution in [2.75, 3.05) is 19.8 Å². The second-order valence-corrected chi connectivity index (χ2v) is 7.08. The van der Waals surface area contributed by atoms with Gasteiger partial charge in [0.15, 0.2) is 11.5 Å². The first-order chi connectivity index (χ1) is 15.2. The van der Waals surface area contributed by atoms with Gasteiger partial charge in [0.05, 0.1) is 19.8 Å². The fourth-order valence-corrected chi connectivity index (χ4v) is 2.90. The van der Waals surface area contributed by atoms with Crippen molar-refractivity contribution in [3.05, 3.63) is 47.5 Å². The SMILES string of the molecule is CCCOc1cc(/C=C/c2ccc(-c3nn[nH]n3)cc2)cc(OCCC)c1OCCC. The molecular weight excluding hydrogens is 392 g/mol. The van der Waals surface area contributed by atoms with E-state index < -0.39 is 0 Å². The van der Waals surface area contributed by atoms with Crippen LogP contribution < -0.4 is 14.2 Å². The van der Waals surface area contributed by atoms with Crippen LogP contribution in [0.2, 0.25) is 0 Å². The summed E-state index contributed by atoms with van der Waals surface area (Å²) < 4.78 is 18.0. The Morgan fingerprint density at radius 3 is 1.90 bits per heavy atom. The number of hydrogen-bond donors (Lipinski definition) is 1. The fourth-order valence-electron chi connectivity index (χ4n) is 2.90. The molecule has 0 aliphatic carbocycles. The van der Waals surface area contributed by atoms with Gasteiger partial charge in [0.2, 0.25) is 11.6 Å². The standard InChI is InChI=1S/C24H30N4O3/c1-4-13-29-21-16-19(17-22(30-14-5-2)23(21)31-15-6-3)8-7-18-9-11-20(12-10-18)24-25-27-28-26-24/h7-12,16-17H,4-6,13-15H2,1-3H3,(H,25,26,27,28)/b8-7+. The first-order valence-electron chi connectivity index (χ1n) is 10.8. The summed E-state index contributed by atoms with van der Waals surface area (Å²) in [6.07, 6.45) is 6.86. The molecule has 3 rings (SSSR count). The van der Waals surface area contributed by atoms with E-state index in [0.29, 0.717) is 31.4 Å². The Balaban J connectivity index is 1.86. The highest BCUT2D eigenvalue weighted by Crippen LogP contribution is 2.40. The summed E-state index contributed by atoms with van der Waals surface area (Å²) in [6.45, 7) is 8.13. The molecule has 164 valence electrons. The molecule has 3 aromatic rings. The molecule has 0 spiro atoms. The van der Waals surface area contributed by atoms with Gasteiger partial charge in [-0.25, -0.2) is 0 Å². The van der Waals surface area contributed by atoms with Gasteiger partial charge in [0, 0.05) is 5.56 Å². The Labute approximate surface area is 183 Å². The van der Waals surface area contributed by atoms with Crippen molar-refractivity contribution >= 4 is 12.2 Å². The Kier molecular flexibility index (Phi) is 8.46. The van der Waals surface area contributed by atoms with E-state index in [0.717, 1.165) is 47.5 Å². The molecule has 2 aromatic carbocycles. The number of rotatable bonds is 12. The first-order valence-corrected chi connectivity index (χ1v) is 10.8. The predicted molar refractivity (Wildman–Crippen MR) is 122 cm³/mol. The topological polar surface area (TPSA) is 82.2 Å². The van der Waals surface area contributed by atoms with Crippen LogP contribution in [0.25, 0.3) is 23.5 Å². The van der Waals surface area contributed by atoms with Crippen molar-refractivity contribution < 1.29 is 14.2 Å². The molecule has 31 heavy (non-hydrogen) atoms. The van der Waals surface area contributed by atoms with Crippen LogP contribution >= 0.6 is 0 Å². The largest absolute Gasteiger partial charge is 0.490 e. The van der Waals surface area contributed by atoms with Crippen LogP contribution in [0.4, 0.5) is 0 Å². The average Bonchev–Trinajstić information content (AvgIpc) is 3.34. The van der Waals surface area contributed by atoms with E-state index in [4.69, 9.17) is 14.2 Å². The maximum Gasteiger partial charge on any atom is 0.204 e.